The standard InChI is InChI=1S/C22H27N7O2/c1-3-6-29-16-4-5-17(29)8-14(7-16)27-19-9-20(26-12-18(19)22(30)31-2)28-21-13-24-15(10-23)11-25-21/h9,11-14,16-17H,3-8H2,1-2H3,(H2,25,26,27,28). The number of nitrogens with zero attached hydrogens (tertiary/aromatic N) is 5. The number of carbonyl (C=O) groups excluding carboxylic acids is 1. The average Bonchev–Trinajstić information content (AvgIpc) is 3.02. The summed E-state index contributed by atoms with van der Waals surface area (Å²) in [5.41, 5.74) is 1.34. The maximum absolute atomic E-state index is 12.3. The molecule has 2 aliphatic heterocycles. The molecule has 4 heterocycles. The molecule has 9 nitrogen and oxygen atoms in total. The van der Waals surface area contributed by atoms with E-state index in [-0.39, 0.29) is 5.69 Å². The minimum absolute atomic E-state index is 0.242. The van der Waals surface area contributed by atoms with Crippen LogP contribution in [0.2, 0.25) is 0 Å². The normalized spacial score (nSPS) is 22.5. The first-order chi connectivity index (χ1) is 15.1. The molecule has 4 rings (SSSR count). The van der Waals surface area contributed by atoms with Crippen molar-refractivity contribution in [2.24, 2.45) is 0 Å². The quantitative estimate of drug-likeness (QED) is 0.650. The van der Waals surface area contributed by atoms with Gasteiger partial charge >= 0.3 is 5.97 Å². The molecule has 0 spiro atoms. The Morgan fingerprint density at radius 1 is 1.19 bits per heavy atom. The van der Waals surface area contributed by atoms with Crippen molar-refractivity contribution in [2.75, 3.05) is 24.3 Å². The summed E-state index contributed by atoms with van der Waals surface area (Å²) in [5, 5.41) is 15.5. The lowest BCUT2D eigenvalue weighted by Gasteiger charge is -2.39. The number of aromatic nitrogens is 3. The Bertz CT molecular complexity index is 959. The zero-order valence-corrected chi connectivity index (χ0v) is 17.8. The van der Waals surface area contributed by atoms with Gasteiger partial charge in [0.2, 0.25) is 0 Å². The van der Waals surface area contributed by atoms with E-state index in [1.165, 1.54) is 45.0 Å². The van der Waals surface area contributed by atoms with E-state index in [0.717, 1.165) is 19.4 Å². The molecule has 2 aromatic heterocycles. The molecule has 0 aromatic carbocycles. The molecule has 2 fully saturated rings. The topological polar surface area (TPSA) is 116 Å². The highest BCUT2D eigenvalue weighted by Crippen LogP contribution is 2.37. The van der Waals surface area contributed by atoms with Crippen LogP contribution < -0.4 is 10.6 Å². The Kier molecular flexibility index (Phi) is 6.28. The van der Waals surface area contributed by atoms with E-state index in [1.807, 2.05) is 6.07 Å². The van der Waals surface area contributed by atoms with Gasteiger partial charge in [-0.25, -0.2) is 19.7 Å². The molecule has 2 N–H and O–H groups in total. The molecule has 0 aliphatic carbocycles. The number of ether oxygens (including phenoxy) is 1. The second-order valence-electron chi connectivity index (χ2n) is 8.07. The van der Waals surface area contributed by atoms with Crippen molar-refractivity contribution in [1.82, 2.24) is 19.9 Å². The predicted octanol–water partition coefficient (Wildman–Crippen LogP) is 3.09. The first-order valence-electron chi connectivity index (χ1n) is 10.7. The number of carbonyl (C=O) groups is 1. The van der Waals surface area contributed by atoms with Gasteiger partial charge in [0.1, 0.15) is 23.3 Å². The van der Waals surface area contributed by atoms with Crippen LogP contribution in [0.3, 0.4) is 0 Å². The summed E-state index contributed by atoms with van der Waals surface area (Å²) in [5.74, 6) is 0.570. The van der Waals surface area contributed by atoms with E-state index in [2.05, 4.69) is 37.4 Å². The largest absolute Gasteiger partial charge is 0.465 e. The lowest BCUT2D eigenvalue weighted by atomic mass is 9.96. The van der Waals surface area contributed by atoms with Crippen molar-refractivity contribution in [3.8, 4) is 6.07 Å². The highest BCUT2D eigenvalue weighted by Gasteiger charge is 2.40. The highest BCUT2D eigenvalue weighted by molar-refractivity contribution is 5.96. The third kappa shape index (κ3) is 4.59. The molecule has 162 valence electrons. The summed E-state index contributed by atoms with van der Waals surface area (Å²) in [6.45, 7) is 3.39. The van der Waals surface area contributed by atoms with Crippen LogP contribution in [-0.4, -0.2) is 57.6 Å². The number of piperidine rings is 1. The zero-order chi connectivity index (χ0) is 21.8. The first-order valence-corrected chi connectivity index (χ1v) is 10.7. The number of anilines is 3. The lowest BCUT2D eigenvalue weighted by molar-refractivity contribution is 0.0601. The van der Waals surface area contributed by atoms with Crippen LogP contribution in [0.5, 0.6) is 0 Å². The van der Waals surface area contributed by atoms with E-state index in [0.29, 0.717) is 41.0 Å². The van der Waals surface area contributed by atoms with E-state index in [4.69, 9.17) is 10.00 Å². The van der Waals surface area contributed by atoms with Crippen LogP contribution in [0.4, 0.5) is 17.3 Å². The van der Waals surface area contributed by atoms with Gasteiger partial charge in [-0.2, -0.15) is 5.26 Å². The van der Waals surface area contributed by atoms with E-state index < -0.39 is 5.97 Å². The monoisotopic (exact) mass is 421 g/mol. The molecule has 2 bridgehead atoms. The Labute approximate surface area is 181 Å². The van der Waals surface area contributed by atoms with Gasteiger partial charge in [0.15, 0.2) is 5.69 Å². The van der Waals surface area contributed by atoms with Crippen molar-refractivity contribution in [3.05, 3.63) is 35.9 Å². The fourth-order valence-corrected chi connectivity index (χ4v) is 4.73. The number of esters is 1. The van der Waals surface area contributed by atoms with Crippen molar-refractivity contribution in [2.45, 2.75) is 57.2 Å². The van der Waals surface area contributed by atoms with Gasteiger partial charge in [-0.05, 0) is 38.6 Å². The highest BCUT2D eigenvalue weighted by atomic mass is 16.5. The van der Waals surface area contributed by atoms with Crippen LogP contribution in [-0.2, 0) is 4.74 Å². The smallest absolute Gasteiger partial charge is 0.341 e. The van der Waals surface area contributed by atoms with E-state index in [1.54, 1.807) is 6.07 Å². The van der Waals surface area contributed by atoms with Gasteiger partial charge in [-0.1, -0.05) is 6.92 Å². The molecular formula is C22H27N7O2. The van der Waals surface area contributed by atoms with Crippen LogP contribution in [0, 0.1) is 11.3 Å². The van der Waals surface area contributed by atoms with Gasteiger partial charge in [0, 0.05) is 30.4 Å². The van der Waals surface area contributed by atoms with Crippen LogP contribution in [0.1, 0.15) is 55.1 Å². The fourth-order valence-electron chi connectivity index (χ4n) is 4.73. The molecule has 2 aromatic rings. The zero-order valence-electron chi connectivity index (χ0n) is 17.8. The Balaban J connectivity index is 1.53. The number of rotatable bonds is 7. The number of hydrogen-bond acceptors (Lipinski definition) is 9. The minimum atomic E-state index is -0.425. The molecule has 0 amide bonds. The van der Waals surface area contributed by atoms with Crippen molar-refractivity contribution in [3.63, 3.8) is 0 Å². The van der Waals surface area contributed by atoms with Crippen molar-refractivity contribution >= 4 is 23.3 Å². The number of nitrogens with one attached hydrogen (secondary N) is 2. The molecule has 9 heteroatoms. The average molecular weight is 422 g/mol. The molecule has 2 atom stereocenters. The van der Waals surface area contributed by atoms with Crippen molar-refractivity contribution in [1.29, 1.82) is 5.26 Å². The number of fused-ring (bicyclic) bond motifs is 2. The number of hydrogen-bond donors (Lipinski definition) is 2. The van der Waals surface area contributed by atoms with Crippen LogP contribution in [0.15, 0.2) is 24.7 Å². The first kappa shape index (κ1) is 21.0. The summed E-state index contributed by atoms with van der Waals surface area (Å²) in [7, 11) is 1.37. The Morgan fingerprint density at radius 3 is 2.55 bits per heavy atom. The maximum atomic E-state index is 12.3. The second-order valence-corrected chi connectivity index (χ2v) is 8.07. The van der Waals surface area contributed by atoms with Crippen LogP contribution >= 0.6 is 0 Å². The summed E-state index contributed by atoms with van der Waals surface area (Å²) in [6, 6.07) is 5.23. The Morgan fingerprint density at radius 2 is 1.94 bits per heavy atom. The van der Waals surface area contributed by atoms with Crippen molar-refractivity contribution < 1.29 is 9.53 Å². The van der Waals surface area contributed by atoms with Gasteiger partial charge < -0.3 is 15.4 Å². The molecule has 0 radical (unpaired) electrons. The minimum Gasteiger partial charge on any atom is -0.465 e. The molecule has 31 heavy (non-hydrogen) atoms. The molecule has 2 unspecified atom stereocenters. The molecule has 2 aliphatic rings. The van der Waals surface area contributed by atoms with Gasteiger partial charge in [0.05, 0.1) is 25.2 Å². The third-order valence-corrected chi connectivity index (χ3v) is 6.06. The SMILES string of the molecule is CCCN1C2CCC1CC(Nc1cc(Nc3cnc(C#N)cn3)ncc1C(=O)OC)C2. The molecule has 0 saturated carbocycles. The molecular weight excluding hydrogens is 394 g/mol. The summed E-state index contributed by atoms with van der Waals surface area (Å²) in [6.07, 6.45) is 10.2. The van der Waals surface area contributed by atoms with E-state index in [9.17, 15) is 4.79 Å². The lowest BCUT2D eigenvalue weighted by Crippen LogP contribution is -2.47. The number of pyridine rings is 1. The summed E-state index contributed by atoms with van der Waals surface area (Å²) in [4.78, 5) is 27.5. The van der Waals surface area contributed by atoms with Gasteiger partial charge in [0.25, 0.3) is 0 Å². The third-order valence-electron chi connectivity index (χ3n) is 6.06. The maximum Gasteiger partial charge on any atom is 0.341 e. The van der Waals surface area contributed by atoms with Gasteiger partial charge in [-0.3, -0.25) is 4.90 Å². The van der Waals surface area contributed by atoms with Crippen LogP contribution in [0.25, 0.3) is 0 Å². The van der Waals surface area contributed by atoms with E-state index >= 15 is 0 Å². The summed E-state index contributed by atoms with van der Waals surface area (Å²) < 4.78 is 4.95. The summed E-state index contributed by atoms with van der Waals surface area (Å²) >= 11 is 0. The van der Waals surface area contributed by atoms with Gasteiger partial charge in [-0.15, -0.1) is 0 Å². The number of methoxy groups -OCH3 is 1. The fraction of sp³-hybridized carbons (Fsp3) is 0.500. The number of nitriles is 1. The second kappa shape index (κ2) is 9.27. The molecule has 2 saturated heterocycles. The predicted molar refractivity (Wildman–Crippen MR) is 116 cm³/mol. The Hall–Kier alpha value is -3.25.